The van der Waals surface area contributed by atoms with E-state index in [0.717, 1.165) is 10.7 Å². The van der Waals surface area contributed by atoms with Crippen LogP contribution in [0.25, 0.3) is 0 Å². The predicted molar refractivity (Wildman–Crippen MR) is 78.9 cm³/mol. The van der Waals surface area contributed by atoms with Gasteiger partial charge >= 0.3 is 0 Å². The second kappa shape index (κ2) is 5.14. The van der Waals surface area contributed by atoms with Crippen LogP contribution in [0.2, 0.25) is 0 Å². The van der Waals surface area contributed by atoms with Crippen LogP contribution in [0.5, 0.6) is 0 Å². The summed E-state index contributed by atoms with van der Waals surface area (Å²) in [4.78, 5) is 0.741. The summed E-state index contributed by atoms with van der Waals surface area (Å²) in [7, 11) is 0. The molecule has 94 valence electrons. The minimum atomic E-state index is 0.268. The summed E-state index contributed by atoms with van der Waals surface area (Å²) in [5, 5.41) is 0. The molecule has 0 bridgehead atoms. The van der Waals surface area contributed by atoms with E-state index in [-0.39, 0.29) is 5.41 Å². The van der Waals surface area contributed by atoms with Gasteiger partial charge in [0.05, 0.1) is 0 Å². The first-order valence-electron chi connectivity index (χ1n) is 6.70. The Bertz CT molecular complexity index is 358. The molecule has 0 spiro atoms. The first kappa shape index (κ1) is 13.1. The van der Waals surface area contributed by atoms with E-state index in [9.17, 15) is 0 Å². The minimum Gasteiger partial charge on any atom is -0.0888 e. The number of alkyl halides is 1. The van der Waals surface area contributed by atoms with Crippen molar-refractivity contribution >= 4 is 15.9 Å². The first-order chi connectivity index (χ1) is 7.97. The van der Waals surface area contributed by atoms with Gasteiger partial charge in [-0.3, -0.25) is 0 Å². The summed E-state index contributed by atoms with van der Waals surface area (Å²) in [5.74, 6) is 0.843. The van der Waals surface area contributed by atoms with Crippen LogP contribution in [0.3, 0.4) is 0 Å². The number of rotatable bonds is 2. The standard InChI is InChI=1S/C16H23Br/c1-16(2,3)14-9-7-12(8-10-14)11-13-5-4-6-15(13)17/h7-10,13,15H,4-6,11H2,1-3H3. The van der Waals surface area contributed by atoms with Crippen LogP contribution in [0.15, 0.2) is 24.3 Å². The molecular formula is C16H23Br. The van der Waals surface area contributed by atoms with Gasteiger partial charge in [0, 0.05) is 4.83 Å². The third-order valence-electron chi connectivity index (χ3n) is 3.88. The average molecular weight is 295 g/mol. The lowest BCUT2D eigenvalue weighted by Gasteiger charge is -2.20. The SMILES string of the molecule is CC(C)(C)c1ccc(CC2CCCC2Br)cc1. The molecule has 1 saturated carbocycles. The number of hydrogen-bond acceptors (Lipinski definition) is 0. The Morgan fingerprint density at radius 1 is 1.12 bits per heavy atom. The maximum Gasteiger partial charge on any atom is 0.0177 e. The van der Waals surface area contributed by atoms with Crippen molar-refractivity contribution in [2.24, 2.45) is 5.92 Å². The van der Waals surface area contributed by atoms with Crippen molar-refractivity contribution in [1.82, 2.24) is 0 Å². The van der Waals surface area contributed by atoms with Crippen LogP contribution in [0.4, 0.5) is 0 Å². The fourth-order valence-corrected chi connectivity index (χ4v) is 3.44. The summed E-state index contributed by atoms with van der Waals surface area (Å²) in [6.45, 7) is 6.81. The molecular weight excluding hydrogens is 272 g/mol. The molecule has 0 N–H and O–H groups in total. The van der Waals surface area contributed by atoms with E-state index >= 15 is 0 Å². The van der Waals surface area contributed by atoms with Gasteiger partial charge < -0.3 is 0 Å². The van der Waals surface area contributed by atoms with Crippen LogP contribution >= 0.6 is 15.9 Å². The highest BCUT2D eigenvalue weighted by Crippen LogP contribution is 2.34. The van der Waals surface area contributed by atoms with Gasteiger partial charge in [-0.15, -0.1) is 0 Å². The molecule has 1 aromatic rings. The molecule has 2 unspecified atom stereocenters. The molecule has 1 heteroatoms. The fourth-order valence-electron chi connectivity index (χ4n) is 2.67. The van der Waals surface area contributed by atoms with E-state index in [1.807, 2.05) is 0 Å². The van der Waals surface area contributed by atoms with Gasteiger partial charge in [-0.2, -0.15) is 0 Å². The second-order valence-corrected chi connectivity index (χ2v) is 7.53. The molecule has 0 nitrogen and oxygen atoms in total. The third-order valence-corrected chi connectivity index (χ3v) is 5.09. The molecule has 0 aromatic heterocycles. The van der Waals surface area contributed by atoms with Gasteiger partial charge in [-0.25, -0.2) is 0 Å². The van der Waals surface area contributed by atoms with Gasteiger partial charge in [0.15, 0.2) is 0 Å². The van der Waals surface area contributed by atoms with Crippen LogP contribution in [-0.4, -0.2) is 4.83 Å². The lowest BCUT2D eigenvalue weighted by Crippen LogP contribution is -2.12. The van der Waals surface area contributed by atoms with Crippen LogP contribution in [0.1, 0.15) is 51.2 Å². The predicted octanol–water partition coefficient (Wildman–Crippen LogP) is 5.09. The number of benzene rings is 1. The van der Waals surface area contributed by atoms with Crippen molar-refractivity contribution in [3.63, 3.8) is 0 Å². The molecule has 0 amide bonds. The lowest BCUT2D eigenvalue weighted by molar-refractivity contribution is 0.561. The molecule has 0 heterocycles. The summed E-state index contributed by atoms with van der Waals surface area (Å²) in [6.07, 6.45) is 5.36. The highest BCUT2D eigenvalue weighted by atomic mass is 79.9. The molecule has 1 aliphatic rings. The summed E-state index contributed by atoms with van der Waals surface area (Å²) >= 11 is 3.81. The zero-order valence-corrected chi connectivity index (χ0v) is 12.8. The van der Waals surface area contributed by atoms with Crippen molar-refractivity contribution in [2.75, 3.05) is 0 Å². The monoisotopic (exact) mass is 294 g/mol. The highest BCUT2D eigenvalue weighted by Gasteiger charge is 2.24. The number of hydrogen-bond donors (Lipinski definition) is 0. The quantitative estimate of drug-likeness (QED) is 0.667. The molecule has 0 aliphatic heterocycles. The first-order valence-corrected chi connectivity index (χ1v) is 7.62. The zero-order chi connectivity index (χ0) is 12.5. The molecule has 1 fully saturated rings. The van der Waals surface area contributed by atoms with E-state index in [1.165, 1.54) is 36.8 Å². The maximum absolute atomic E-state index is 3.81. The molecule has 2 atom stereocenters. The van der Waals surface area contributed by atoms with Crippen LogP contribution in [-0.2, 0) is 11.8 Å². The fraction of sp³-hybridized carbons (Fsp3) is 0.625. The van der Waals surface area contributed by atoms with Crippen molar-refractivity contribution in [2.45, 2.75) is 56.7 Å². The van der Waals surface area contributed by atoms with E-state index in [4.69, 9.17) is 0 Å². The van der Waals surface area contributed by atoms with Gasteiger partial charge in [0.1, 0.15) is 0 Å². The van der Waals surface area contributed by atoms with Gasteiger partial charge in [0.2, 0.25) is 0 Å². The molecule has 1 aromatic carbocycles. The van der Waals surface area contributed by atoms with Crippen molar-refractivity contribution in [3.05, 3.63) is 35.4 Å². The number of halogens is 1. The summed E-state index contributed by atoms with van der Waals surface area (Å²) in [5.41, 5.74) is 3.20. The highest BCUT2D eigenvalue weighted by molar-refractivity contribution is 9.09. The second-order valence-electron chi connectivity index (χ2n) is 6.36. The Morgan fingerprint density at radius 3 is 2.24 bits per heavy atom. The summed E-state index contributed by atoms with van der Waals surface area (Å²) in [6, 6.07) is 9.23. The third kappa shape index (κ3) is 3.34. The van der Waals surface area contributed by atoms with Crippen molar-refractivity contribution in [1.29, 1.82) is 0 Å². The Morgan fingerprint density at radius 2 is 1.76 bits per heavy atom. The molecule has 2 rings (SSSR count). The van der Waals surface area contributed by atoms with Gasteiger partial charge in [-0.05, 0) is 41.7 Å². The Labute approximate surface area is 114 Å². The van der Waals surface area contributed by atoms with Crippen molar-refractivity contribution < 1.29 is 0 Å². The summed E-state index contributed by atoms with van der Waals surface area (Å²) < 4.78 is 0. The van der Waals surface area contributed by atoms with E-state index < -0.39 is 0 Å². The Hall–Kier alpha value is -0.300. The minimum absolute atomic E-state index is 0.268. The largest absolute Gasteiger partial charge is 0.0888 e. The molecule has 1 aliphatic carbocycles. The van der Waals surface area contributed by atoms with Crippen LogP contribution in [0, 0.1) is 5.92 Å². The zero-order valence-electron chi connectivity index (χ0n) is 11.2. The van der Waals surface area contributed by atoms with Crippen LogP contribution < -0.4 is 0 Å². The van der Waals surface area contributed by atoms with E-state index in [0.29, 0.717) is 0 Å². The van der Waals surface area contributed by atoms with Gasteiger partial charge in [-0.1, -0.05) is 67.4 Å². The Kier molecular flexibility index (Phi) is 3.97. The Balaban J connectivity index is 2.03. The van der Waals surface area contributed by atoms with Gasteiger partial charge in [0.25, 0.3) is 0 Å². The van der Waals surface area contributed by atoms with E-state index in [2.05, 4.69) is 61.0 Å². The van der Waals surface area contributed by atoms with Crippen molar-refractivity contribution in [3.8, 4) is 0 Å². The average Bonchev–Trinajstić information content (AvgIpc) is 2.64. The van der Waals surface area contributed by atoms with E-state index in [1.54, 1.807) is 0 Å². The normalized spacial score (nSPS) is 25.2. The smallest absolute Gasteiger partial charge is 0.0177 e. The maximum atomic E-state index is 3.81. The topological polar surface area (TPSA) is 0 Å². The molecule has 0 saturated heterocycles. The molecule has 17 heavy (non-hydrogen) atoms. The lowest BCUT2D eigenvalue weighted by atomic mass is 9.86. The molecule has 0 radical (unpaired) electrons.